The van der Waals surface area contributed by atoms with Crippen LogP contribution >= 0.6 is 0 Å². The third kappa shape index (κ3) is 4.10. The predicted octanol–water partition coefficient (Wildman–Crippen LogP) is 2.92. The van der Waals surface area contributed by atoms with Crippen LogP contribution in [0.5, 0.6) is 0 Å². The maximum absolute atomic E-state index is 6.14. The van der Waals surface area contributed by atoms with Crippen LogP contribution in [0.25, 0.3) is 0 Å². The first-order valence-corrected chi connectivity index (χ1v) is 6.37. The Balaban J connectivity index is 2.82. The molecule has 0 radical (unpaired) electrons. The van der Waals surface area contributed by atoms with Crippen LogP contribution in [0.15, 0.2) is 24.5 Å². The van der Waals surface area contributed by atoms with E-state index < -0.39 is 0 Å². The molecule has 3 atom stereocenters. The highest BCUT2D eigenvalue weighted by Crippen LogP contribution is 2.24. The van der Waals surface area contributed by atoms with Gasteiger partial charge in [-0.25, -0.2) is 0 Å². The largest absolute Gasteiger partial charge is 0.369 e. The summed E-state index contributed by atoms with van der Waals surface area (Å²) < 4.78 is 6.09. The van der Waals surface area contributed by atoms with Gasteiger partial charge in [0.1, 0.15) is 0 Å². The van der Waals surface area contributed by atoms with E-state index in [4.69, 9.17) is 10.5 Å². The molecule has 0 spiro atoms. The van der Waals surface area contributed by atoms with Crippen molar-refractivity contribution in [3.05, 3.63) is 30.1 Å². The van der Waals surface area contributed by atoms with E-state index in [2.05, 4.69) is 32.7 Å². The second-order valence-corrected chi connectivity index (χ2v) is 4.86. The second-order valence-electron chi connectivity index (χ2n) is 4.86. The maximum atomic E-state index is 6.14. The molecule has 0 fully saturated rings. The van der Waals surface area contributed by atoms with Crippen LogP contribution in [0, 0.1) is 5.92 Å². The van der Waals surface area contributed by atoms with Gasteiger partial charge in [0, 0.05) is 24.0 Å². The monoisotopic (exact) mass is 236 g/mol. The molecule has 3 unspecified atom stereocenters. The molecular weight excluding hydrogens is 212 g/mol. The summed E-state index contributed by atoms with van der Waals surface area (Å²) in [5.74, 6) is 0.484. The van der Waals surface area contributed by atoms with Gasteiger partial charge in [0.25, 0.3) is 0 Å². The van der Waals surface area contributed by atoms with Gasteiger partial charge in [-0.1, -0.05) is 26.8 Å². The van der Waals surface area contributed by atoms with Crippen LogP contribution in [0.1, 0.15) is 45.8 Å². The fraction of sp³-hybridized carbons (Fsp3) is 0.643. The number of pyridine rings is 1. The summed E-state index contributed by atoms with van der Waals surface area (Å²) in [4.78, 5) is 4.14. The topological polar surface area (TPSA) is 48.1 Å². The molecule has 0 aromatic carbocycles. The molecule has 0 aliphatic carbocycles. The molecule has 1 aromatic rings. The summed E-state index contributed by atoms with van der Waals surface area (Å²) in [5, 5.41) is 0. The first-order chi connectivity index (χ1) is 8.06. The molecule has 0 amide bonds. The normalized spacial score (nSPS) is 16.8. The third-order valence-corrected chi connectivity index (χ3v) is 3.17. The van der Waals surface area contributed by atoms with Crippen molar-refractivity contribution in [3.63, 3.8) is 0 Å². The fourth-order valence-corrected chi connectivity index (χ4v) is 1.57. The van der Waals surface area contributed by atoms with Gasteiger partial charge in [0.2, 0.25) is 0 Å². The first kappa shape index (κ1) is 14.1. The van der Waals surface area contributed by atoms with Crippen LogP contribution in [0.4, 0.5) is 0 Å². The van der Waals surface area contributed by atoms with Gasteiger partial charge >= 0.3 is 0 Å². The second kappa shape index (κ2) is 6.72. The third-order valence-electron chi connectivity index (χ3n) is 3.17. The highest BCUT2D eigenvalue weighted by atomic mass is 16.5. The van der Waals surface area contributed by atoms with Crippen LogP contribution in [-0.2, 0) is 4.74 Å². The average Bonchev–Trinajstić information content (AvgIpc) is 2.35. The molecule has 1 heterocycles. The fourth-order valence-electron chi connectivity index (χ4n) is 1.57. The van der Waals surface area contributed by atoms with Crippen molar-refractivity contribution >= 4 is 0 Å². The van der Waals surface area contributed by atoms with Crippen molar-refractivity contribution in [1.29, 1.82) is 0 Å². The molecule has 0 aliphatic heterocycles. The van der Waals surface area contributed by atoms with Crippen LogP contribution < -0.4 is 5.73 Å². The van der Waals surface area contributed by atoms with Crippen molar-refractivity contribution in [2.24, 2.45) is 11.7 Å². The van der Waals surface area contributed by atoms with E-state index in [9.17, 15) is 0 Å². The zero-order chi connectivity index (χ0) is 12.8. The standard InChI is InChI=1S/C14H24N2O/c1-5-13(15)14(17-11(4)10(2)3)12-7-6-8-16-9-12/h6-11,13-14H,5,15H2,1-4H3. The van der Waals surface area contributed by atoms with Crippen molar-refractivity contribution < 1.29 is 4.74 Å². The lowest BCUT2D eigenvalue weighted by atomic mass is 10.0. The Morgan fingerprint density at radius 3 is 2.53 bits per heavy atom. The average molecular weight is 236 g/mol. The molecular formula is C14H24N2O. The van der Waals surface area contributed by atoms with Crippen molar-refractivity contribution in [1.82, 2.24) is 4.98 Å². The minimum absolute atomic E-state index is 0.0143. The van der Waals surface area contributed by atoms with E-state index in [0.717, 1.165) is 12.0 Å². The maximum Gasteiger partial charge on any atom is 0.0994 e. The smallest absolute Gasteiger partial charge is 0.0994 e. The van der Waals surface area contributed by atoms with E-state index in [1.807, 2.05) is 18.3 Å². The highest BCUT2D eigenvalue weighted by molar-refractivity contribution is 5.14. The van der Waals surface area contributed by atoms with Crippen LogP contribution in [0.3, 0.4) is 0 Å². The van der Waals surface area contributed by atoms with E-state index in [1.165, 1.54) is 0 Å². The Hall–Kier alpha value is -0.930. The molecule has 96 valence electrons. The Morgan fingerprint density at radius 1 is 1.35 bits per heavy atom. The van der Waals surface area contributed by atoms with Crippen LogP contribution in [-0.4, -0.2) is 17.1 Å². The molecule has 0 aliphatic rings. The van der Waals surface area contributed by atoms with E-state index in [0.29, 0.717) is 5.92 Å². The van der Waals surface area contributed by atoms with Gasteiger partial charge in [-0.2, -0.15) is 0 Å². The molecule has 1 aromatic heterocycles. The first-order valence-electron chi connectivity index (χ1n) is 6.37. The van der Waals surface area contributed by atoms with Gasteiger partial charge in [0.15, 0.2) is 0 Å². The predicted molar refractivity (Wildman–Crippen MR) is 70.6 cm³/mol. The zero-order valence-electron chi connectivity index (χ0n) is 11.3. The molecule has 0 bridgehead atoms. The zero-order valence-corrected chi connectivity index (χ0v) is 11.3. The quantitative estimate of drug-likeness (QED) is 0.826. The van der Waals surface area contributed by atoms with Crippen molar-refractivity contribution in [2.75, 3.05) is 0 Å². The Labute approximate surface area is 104 Å². The number of nitrogens with two attached hydrogens (primary N) is 1. The Morgan fingerprint density at radius 2 is 2.06 bits per heavy atom. The number of nitrogens with zero attached hydrogens (tertiary/aromatic N) is 1. The van der Waals surface area contributed by atoms with E-state index in [1.54, 1.807) is 6.20 Å². The molecule has 17 heavy (non-hydrogen) atoms. The summed E-state index contributed by atoms with van der Waals surface area (Å²) in [5.41, 5.74) is 7.21. The lowest BCUT2D eigenvalue weighted by Crippen LogP contribution is -2.33. The summed E-state index contributed by atoms with van der Waals surface area (Å²) in [6.07, 6.45) is 4.63. The Bertz CT molecular complexity index is 313. The van der Waals surface area contributed by atoms with Gasteiger partial charge < -0.3 is 10.5 Å². The lowest BCUT2D eigenvalue weighted by Gasteiger charge is -2.28. The molecule has 2 N–H and O–H groups in total. The van der Waals surface area contributed by atoms with E-state index in [-0.39, 0.29) is 18.2 Å². The minimum atomic E-state index is -0.0638. The number of hydrogen-bond donors (Lipinski definition) is 1. The summed E-state index contributed by atoms with van der Waals surface area (Å²) in [6.45, 7) is 8.48. The molecule has 3 heteroatoms. The van der Waals surface area contributed by atoms with Crippen LogP contribution in [0.2, 0.25) is 0 Å². The summed E-state index contributed by atoms with van der Waals surface area (Å²) in [6, 6.07) is 3.97. The van der Waals surface area contributed by atoms with Crippen molar-refractivity contribution in [2.45, 2.75) is 52.4 Å². The SMILES string of the molecule is CCC(N)C(OC(C)C(C)C)c1cccnc1. The molecule has 1 rings (SSSR count). The number of aromatic nitrogens is 1. The number of hydrogen-bond acceptors (Lipinski definition) is 3. The van der Waals surface area contributed by atoms with E-state index >= 15 is 0 Å². The number of ether oxygens (including phenoxy) is 1. The minimum Gasteiger partial charge on any atom is -0.369 e. The van der Waals surface area contributed by atoms with Gasteiger partial charge in [-0.3, -0.25) is 4.98 Å². The Kier molecular flexibility index (Phi) is 5.59. The molecule has 0 saturated heterocycles. The van der Waals surface area contributed by atoms with Gasteiger partial charge in [0.05, 0.1) is 12.2 Å². The molecule has 0 saturated carbocycles. The molecule has 3 nitrogen and oxygen atoms in total. The van der Waals surface area contributed by atoms with Gasteiger partial charge in [-0.05, 0) is 25.3 Å². The van der Waals surface area contributed by atoms with Gasteiger partial charge in [-0.15, -0.1) is 0 Å². The summed E-state index contributed by atoms with van der Waals surface area (Å²) >= 11 is 0. The summed E-state index contributed by atoms with van der Waals surface area (Å²) in [7, 11) is 0. The number of rotatable bonds is 6. The lowest BCUT2D eigenvalue weighted by molar-refractivity contribution is -0.0396. The highest BCUT2D eigenvalue weighted by Gasteiger charge is 2.23. The van der Waals surface area contributed by atoms with Crippen molar-refractivity contribution in [3.8, 4) is 0 Å².